The van der Waals surface area contributed by atoms with Gasteiger partial charge in [0.05, 0.1) is 12.3 Å². The number of hydrogen-bond acceptors (Lipinski definition) is 3. The van der Waals surface area contributed by atoms with Crippen molar-refractivity contribution in [3.63, 3.8) is 0 Å². The average Bonchev–Trinajstić information content (AvgIpc) is 2.70. The van der Waals surface area contributed by atoms with E-state index in [1.807, 2.05) is 30.3 Å². The Hall–Kier alpha value is -2.26. The fraction of sp³-hybridized carbons (Fsp3) is 0.417. The number of ether oxygens (including phenoxy) is 1. The third-order valence-corrected chi connectivity index (χ3v) is 10.1. The maximum atomic E-state index is 13.6. The van der Waals surface area contributed by atoms with Gasteiger partial charge in [-0.05, 0) is 61.9 Å². The lowest BCUT2D eigenvalue weighted by Gasteiger charge is -2.29. The quantitative estimate of drug-likeness (QED) is 0.477. The van der Waals surface area contributed by atoms with Gasteiger partial charge in [-0.1, -0.05) is 30.3 Å². The molecule has 1 N–H and O–H groups in total. The van der Waals surface area contributed by atoms with Crippen LogP contribution in [-0.4, -0.2) is 36.5 Å². The summed E-state index contributed by atoms with van der Waals surface area (Å²) in [6.45, 7) is 3.84. The number of carbonyl (C=O) groups is 2. The van der Waals surface area contributed by atoms with Gasteiger partial charge in [0.15, 0.2) is 6.16 Å². The van der Waals surface area contributed by atoms with Gasteiger partial charge in [0.2, 0.25) is 0 Å². The Kier molecular flexibility index (Phi) is 7.60. The van der Waals surface area contributed by atoms with Crippen molar-refractivity contribution in [1.82, 2.24) is 0 Å². The van der Waals surface area contributed by atoms with Crippen LogP contribution in [-0.2, 0) is 20.9 Å². The van der Waals surface area contributed by atoms with Crippen LogP contribution in [0, 0.1) is 19.7 Å². The first-order valence-corrected chi connectivity index (χ1v) is 13.0. The normalized spacial score (nSPS) is 15.4. The van der Waals surface area contributed by atoms with Crippen LogP contribution in [0.15, 0.2) is 42.5 Å². The Bertz CT molecular complexity index is 872. The van der Waals surface area contributed by atoms with E-state index in [4.69, 9.17) is 4.74 Å². The van der Waals surface area contributed by atoms with Crippen LogP contribution in [0.5, 0.6) is 0 Å². The van der Waals surface area contributed by atoms with Crippen molar-refractivity contribution >= 4 is 24.8 Å². The van der Waals surface area contributed by atoms with Gasteiger partial charge in [-0.25, -0.2) is 9.18 Å². The number of carbonyl (C=O) groups excluding carboxylic acids is 2. The Labute approximate surface area is 178 Å². The lowest BCUT2D eigenvalue weighted by Crippen LogP contribution is -2.28. The lowest BCUT2D eigenvalue weighted by molar-refractivity contribution is -0.141. The highest BCUT2D eigenvalue weighted by atomic mass is 31.2. The molecule has 0 aliphatic carbocycles. The van der Waals surface area contributed by atoms with Crippen molar-refractivity contribution < 1.29 is 18.7 Å². The smallest absolute Gasteiger partial charge is 0.344 e. The highest BCUT2D eigenvalue weighted by Gasteiger charge is 2.43. The number of rotatable bonds is 7. The van der Waals surface area contributed by atoms with E-state index in [9.17, 15) is 14.0 Å². The van der Waals surface area contributed by atoms with E-state index >= 15 is 0 Å². The van der Waals surface area contributed by atoms with Gasteiger partial charge in [-0.3, -0.25) is 4.79 Å². The zero-order chi connectivity index (χ0) is 21.6. The molecular weight excluding hydrogens is 400 g/mol. The number of benzene rings is 2. The second-order valence-corrected chi connectivity index (χ2v) is 12.5. The molecule has 0 atom stereocenters. The molecule has 1 saturated heterocycles. The predicted octanol–water partition coefficient (Wildman–Crippen LogP) is 5.33. The summed E-state index contributed by atoms with van der Waals surface area (Å²) in [5.74, 6) is -0.602. The van der Waals surface area contributed by atoms with Crippen LogP contribution in [0.1, 0.15) is 36.0 Å². The fourth-order valence-electron chi connectivity index (χ4n) is 4.20. The van der Waals surface area contributed by atoms with Gasteiger partial charge >= 0.3 is 5.97 Å². The zero-order valence-corrected chi connectivity index (χ0v) is 18.6. The van der Waals surface area contributed by atoms with Gasteiger partial charge in [0.1, 0.15) is 18.6 Å². The molecule has 0 saturated carbocycles. The number of nitrogens with one attached hydrogen (secondary N) is 1. The Balaban J connectivity index is 1.64. The molecule has 1 heterocycles. The van der Waals surface area contributed by atoms with Crippen LogP contribution < -0.4 is 5.32 Å². The molecule has 0 aromatic heterocycles. The molecule has 0 spiro atoms. The molecule has 160 valence electrons. The van der Waals surface area contributed by atoms with Crippen molar-refractivity contribution in [2.45, 2.75) is 39.7 Å². The van der Waals surface area contributed by atoms with Gasteiger partial charge in [0.25, 0.3) is 5.91 Å². The van der Waals surface area contributed by atoms with E-state index in [2.05, 4.69) is 5.32 Å². The van der Waals surface area contributed by atoms with E-state index in [-0.39, 0.29) is 24.3 Å². The van der Waals surface area contributed by atoms with Crippen molar-refractivity contribution in [3.05, 3.63) is 65.0 Å². The highest BCUT2D eigenvalue weighted by Crippen LogP contribution is 2.62. The van der Waals surface area contributed by atoms with Crippen LogP contribution in [0.4, 0.5) is 10.1 Å². The SMILES string of the molecule is Cc1cc(F)cc(C)c1NC(=O)C[P+]1(CC(=O)OCc2ccccc2)CCCCC1. The molecule has 3 rings (SSSR count). The largest absolute Gasteiger partial charge is 0.458 e. The van der Waals surface area contributed by atoms with Gasteiger partial charge in [-0.2, -0.15) is 0 Å². The van der Waals surface area contributed by atoms with Gasteiger partial charge in [-0.15, -0.1) is 0 Å². The molecule has 0 radical (unpaired) electrons. The van der Waals surface area contributed by atoms with Crippen LogP contribution in [0.3, 0.4) is 0 Å². The van der Waals surface area contributed by atoms with E-state index in [0.29, 0.717) is 29.1 Å². The molecule has 1 fully saturated rings. The molecular formula is C24H30FNO3P+. The number of anilines is 1. The molecule has 30 heavy (non-hydrogen) atoms. The van der Waals surface area contributed by atoms with Crippen molar-refractivity contribution in [2.75, 3.05) is 30.0 Å². The van der Waals surface area contributed by atoms with E-state index in [1.165, 1.54) is 12.1 Å². The second kappa shape index (κ2) is 10.2. The maximum absolute atomic E-state index is 13.6. The van der Waals surface area contributed by atoms with Crippen molar-refractivity contribution in [3.8, 4) is 0 Å². The molecule has 0 bridgehead atoms. The number of amides is 1. The summed E-state index contributed by atoms with van der Waals surface area (Å²) in [7, 11) is -1.76. The molecule has 2 aromatic rings. The number of aryl methyl sites for hydroxylation is 2. The van der Waals surface area contributed by atoms with E-state index < -0.39 is 7.26 Å². The first kappa shape index (κ1) is 22.4. The van der Waals surface area contributed by atoms with Crippen LogP contribution >= 0.6 is 7.26 Å². The number of halogens is 1. The molecule has 1 aliphatic rings. The Morgan fingerprint density at radius 3 is 2.27 bits per heavy atom. The van der Waals surface area contributed by atoms with E-state index in [0.717, 1.165) is 37.1 Å². The molecule has 2 aromatic carbocycles. The third-order valence-electron chi connectivity index (χ3n) is 5.71. The second-order valence-electron chi connectivity index (χ2n) is 8.27. The van der Waals surface area contributed by atoms with Crippen molar-refractivity contribution in [2.24, 2.45) is 0 Å². The molecule has 6 heteroatoms. The minimum atomic E-state index is -1.76. The monoisotopic (exact) mass is 430 g/mol. The van der Waals surface area contributed by atoms with Crippen LogP contribution in [0.25, 0.3) is 0 Å². The van der Waals surface area contributed by atoms with Gasteiger partial charge < -0.3 is 10.1 Å². The summed E-state index contributed by atoms with van der Waals surface area (Å²) in [5.41, 5.74) is 3.04. The molecule has 1 aliphatic heterocycles. The summed E-state index contributed by atoms with van der Waals surface area (Å²) in [5, 5.41) is 2.98. The average molecular weight is 430 g/mol. The topological polar surface area (TPSA) is 55.4 Å². The minimum Gasteiger partial charge on any atom is -0.458 e. The lowest BCUT2D eigenvalue weighted by atomic mass is 10.1. The highest BCUT2D eigenvalue weighted by molar-refractivity contribution is 7.77. The standard InChI is InChI=1S/C24H29FNO3P/c1-18-13-21(25)14-19(2)24(18)26-22(27)16-30(11-7-4-8-12-30)17-23(28)29-15-20-9-5-3-6-10-20/h3,5-6,9-10,13-14H,4,7-8,11-12,15-17H2,1-2H3/p+1. The first-order valence-electron chi connectivity index (χ1n) is 10.5. The molecule has 4 nitrogen and oxygen atoms in total. The fourth-order valence-corrected chi connectivity index (χ4v) is 8.29. The Morgan fingerprint density at radius 2 is 1.63 bits per heavy atom. The van der Waals surface area contributed by atoms with Crippen molar-refractivity contribution in [1.29, 1.82) is 0 Å². The summed E-state index contributed by atoms with van der Waals surface area (Å²) < 4.78 is 19.1. The zero-order valence-electron chi connectivity index (χ0n) is 17.7. The Morgan fingerprint density at radius 1 is 1.00 bits per heavy atom. The number of hydrogen-bond donors (Lipinski definition) is 1. The minimum absolute atomic E-state index is 0.0844. The summed E-state index contributed by atoms with van der Waals surface area (Å²) >= 11 is 0. The van der Waals surface area contributed by atoms with Crippen LogP contribution in [0.2, 0.25) is 0 Å². The summed E-state index contributed by atoms with van der Waals surface area (Å²) in [4.78, 5) is 25.5. The first-order chi connectivity index (χ1) is 14.4. The molecule has 0 unspecified atom stereocenters. The summed E-state index contributed by atoms with van der Waals surface area (Å²) in [6.07, 6.45) is 5.89. The summed E-state index contributed by atoms with van der Waals surface area (Å²) in [6, 6.07) is 12.5. The predicted molar refractivity (Wildman–Crippen MR) is 121 cm³/mol. The van der Waals surface area contributed by atoms with Gasteiger partial charge in [0, 0.05) is 12.9 Å². The van der Waals surface area contributed by atoms with E-state index in [1.54, 1.807) is 13.8 Å². The third kappa shape index (κ3) is 6.12. The molecule has 1 amide bonds. The maximum Gasteiger partial charge on any atom is 0.344 e. The number of esters is 1.